The summed E-state index contributed by atoms with van der Waals surface area (Å²) in [5, 5.41) is 9.14. The van der Waals surface area contributed by atoms with Crippen LogP contribution in [0.2, 0.25) is 0 Å². The summed E-state index contributed by atoms with van der Waals surface area (Å²) in [7, 11) is 0. The third kappa shape index (κ3) is 1.29. The van der Waals surface area contributed by atoms with Crippen molar-refractivity contribution in [3.63, 3.8) is 0 Å². The SMILES string of the molecule is CC1(C)[C@H]2CC[C@]1(C)c1nnc(-c3ccccc3)cc12. The van der Waals surface area contributed by atoms with E-state index in [1.54, 1.807) is 0 Å². The Labute approximate surface area is 120 Å². The Hall–Kier alpha value is -1.70. The molecule has 0 radical (unpaired) electrons. The highest BCUT2D eigenvalue weighted by atomic mass is 15.1. The number of hydrogen-bond acceptors (Lipinski definition) is 2. The molecule has 2 nitrogen and oxygen atoms in total. The van der Waals surface area contributed by atoms with Crippen molar-refractivity contribution in [3.8, 4) is 11.3 Å². The van der Waals surface area contributed by atoms with E-state index in [2.05, 4.69) is 61.3 Å². The maximum absolute atomic E-state index is 4.64. The second-order valence-corrected chi connectivity index (χ2v) is 7.04. The largest absolute Gasteiger partial charge is 0.154 e. The molecule has 2 aliphatic carbocycles. The summed E-state index contributed by atoms with van der Waals surface area (Å²) in [6.07, 6.45) is 2.54. The van der Waals surface area contributed by atoms with E-state index in [1.807, 2.05) is 6.07 Å². The van der Waals surface area contributed by atoms with Gasteiger partial charge < -0.3 is 0 Å². The van der Waals surface area contributed by atoms with Crippen molar-refractivity contribution in [1.82, 2.24) is 10.2 Å². The zero-order valence-electron chi connectivity index (χ0n) is 12.4. The molecule has 0 spiro atoms. The lowest BCUT2D eigenvalue weighted by atomic mass is 9.70. The molecule has 0 N–H and O–H groups in total. The molecular weight excluding hydrogens is 244 g/mol. The molecule has 2 aromatic rings. The van der Waals surface area contributed by atoms with E-state index >= 15 is 0 Å². The lowest BCUT2D eigenvalue weighted by Gasteiger charge is -2.33. The Bertz CT molecular complexity index is 675. The van der Waals surface area contributed by atoms with Crippen LogP contribution in [0.4, 0.5) is 0 Å². The normalized spacial score (nSPS) is 29.4. The Kier molecular flexibility index (Phi) is 2.23. The second-order valence-electron chi connectivity index (χ2n) is 7.04. The minimum atomic E-state index is 0.204. The maximum atomic E-state index is 4.64. The molecule has 20 heavy (non-hydrogen) atoms. The Balaban J connectivity index is 1.88. The molecule has 2 bridgehead atoms. The summed E-state index contributed by atoms with van der Waals surface area (Å²) in [5.74, 6) is 0.639. The molecule has 0 saturated heterocycles. The predicted octanol–water partition coefficient (Wildman–Crippen LogP) is 4.32. The molecule has 0 aliphatic heterocycles. The molecule has 2 heteroatoms. The zero-order chi connectivity index (χ0) is 14.0. The molecule has 2 aliphatic rings. The van der Waals surface area contributed by atoms with Gasteiger partial charge in [0.05, 0.1) is 11.4 Å². The van der Waals surface area contributed by atoms with Crippen LogP contribution in [0.15, 0.2) is 36.4 Å². The first-order chi connectivity index (χ1) is 9.54. The first kappa shape index (κ1) is 12.1. The summed E-state index contributed by atoms with van der Waals surface area (Å²) in [6, 6.07) is 12.7. The molecule has 102 valence electrons. The van der Waals surface area contributed by atoms with Gasteiger partial charge in [-0.2, -0.15) is 10.2 Å². The fraction of sp³-hybridized carbons (Fsp3) is 0.444. The number of rotatable bonds is 1. The molecule has 1 aromatic heterocycles. The smallest absolute Gasteiger partial charge is 0.0932 e. The van der Waals surface area contributed by atoms with Crippen LogP contribution in [0.25, 0.3) is 11.3 Å². The number of hydrogen-bond donors (Lipinski definition) is 0. The van der Waals surface area contributed by atoms with Crippen LogP contribution in [0, 0.1) is 5.41 Å². The number of aromatic nitrogens is 2. The third-order valence-electron chi connectivity index (χ3n) is 6.02. The monoisotopic (exact) mass is 264 g/mol. The summed E-state index contributed by atoms with van der Waals surface area (Å²) in [6.45, 7) is 7.17. The molecular formula is C18H20N2. The Morgan fingerprint density at radius 1 is 1.05 bits per heavy atom. The van der Waals surface area contributed by atoms with Gasteiger partial charge in [-0.1, -0.05) is 51.1 Å². The summed E-state index contributed by atoms with van der Waals surface area (Å²) in [5.41, 5.74) is 5.37. The highest BCUT2D eigenvalue weighted by Crippen LogP contribution is 2.67. The van der Waals surface area contributed by atoms with E-state index in [9.17, 15) is 0 Å². The molecule has 0 amide bonds. The molecule has 1 aromatic carbocycles. The first-order valence-corrected chi connectivity index (χ1v) is 7.47. The van der Waals surface area contributed by atoms with Crippen molar-refractivity contribution < 1.29 is 0 Å². The van der Waals surface area contributed by atoms with Crippen molar-refractivity contribution in [2.45, 2.75) is 44.9 Å². The van der Waals surface area contributed by atoms with Crippen LogP contribution in [0.5, 0.6) is 0 Å². The maximum Gasteiger partial charge on any atom is 0.0932 e. The van der Waals surface area contributed by atoms with Gasteiger partial charge in [0.15, 0.2) is 0 Å². The summed E-state index contributed by atoms with van der Waals surface area (Å²) in [4.78, 5) is 0. The third-order valence-corrected chi connectivity index (χ3v) is 6.02. The van der Waals surface area contributed by atoms with Gasteiger partial charge in [-0.3, -0.25) is 0 Å². The average Bonchev–Trinajstić information content (AvgIpc) is 2.79. The van der Waals surface area contributed by atoms with Crippen molar-refractivity contribution >= 4 is 0 Å². The number of benzene rings is 1. The van der Waals surface area contributed by atoms with E-state index in [0.29, 0.717) is 11.3 Å². The Morgan fingerprint density at radius 3 is 2.55 bits per heavy atom. The Morgan fingerprint density at radius 2 is 1.80 bits per heavy atom. The van der Waals surface area contributed by atoms with Crippen LogP contribution >= 0.6 is 0 Å². The minimum Gasteiger partial charge on any atom is -0.154 e. The van der Waals surface area contributed by atoms with E-state index in [-0.39, 0.29) is 5.41 Å². The van der Waals surface area contributed by atoms with Crippen molar-refractivity contribution in [3.05, 3.63) is 47.7 Å². The van der Waals surface area contributed by atoms with Gasteiger partial charge in [-0.05, 0) is 35.8 Å². The first-order valence-electron chi connectivity index (χ1n) is 7.47. The van der Waals surface area contributed by atoms with Gasteiger partial charge in [-0.15, -0.1) is 0 Å². The van der Waals surface area contributed by atoms with Gasteiger partial charge in [0.2, 0.25) is 0 Å². The van der Waals surface area contributed by atoms with E-state index in [4.69, 9.17) is 0 Å². The van der Waals surface area contributed by atoms with Crippen molar-refractivity contribution in [2.75, 3.05) is 0 Å². The summed E-state index contributed by atoms with van der Waals surface area (Å²) >= 11 is 0. The van der Waals surface area contributed by atoms with Crippen LogP contribution in [0.1, 0.15) is 50.8 Å². The molecule has 4 rings (SSSR count). The van der Waals surface area contributed by atoms with Crippen LogP contribution < -0.4 is 0 Å². The molecule has 1 fully saturated rings. The van der Waals surface area contributed by atoms with Gasteiger partial charge >= 0.3 is 0 Å². The molecule has 0 unspecified atom stereocenters. The standard InChI is InChI=1S/C18H20N2/c1-17(2)14-9-10-18(17,3)16-13(14)11-15(19-20-16)12-7-5-4-6-8-12/h4-8,11,14H,9-10H2,1-3H3/t14-,18+/m0/s1. The predicted molar refractivity (Wildman–Crippen MR) is 80.6 cm³/mol. The van der Waals surface area contributed by atoms with E-state index in [0.717, 1.165) is 11.3 Å². The van der Waals surface area contributed by atoms with Gasteiger partial charge in [0.25, 0.3) is 0 Å². The van der Waals surface area contributed by atoms with E-state index in [1.165, 1.54) is 24.1 Å². The zero-order valence-corrected chi connectivity index (χ0v) is 12.4. The molecule has 2 atom stereocenters. The van der Waals surface area contributed by atoms with Crippen LogP contribution in [0.3, 0.4) is 0 Å². The van der Waals surface area contributed by atoms with Gasteiger partial charge in [0.1, 0.15) is 0 Å². The highest BCUT2D eigenvalue weighted by Gasteiger charge is 2.60. The fourth-order valence-electron chi connectivity index (χ4n) is 4.32. The van der Waals surface area contributed by atoms with E-state index < -0.39 is 0 Å². The number of nitrogens with zero attached hydrogens (tertiary/aromatic N) is 2. The average molecular weight is 264 g/mol. The summed E-state index contributed by atoms with van der Waals surface area (Å²) < 4.78 is 0. The molecule has 1 heterocycles. The van der Waals surface area contributed by atoms with Crippen molar-refractivity contribution in [2.24, 2.45) is 5.41 Å². The fourth-order valence-corrected chi connectivity index (χ4v) is 4.32. The van der Waals surface area contributed by atoms with Crippen molar-refractivity contribution in [1.29, 1.82) is 0 Å². The van der Waals surface area contributed by atoms with Gasteiger partial charge in [0, 0.05) is 11.0 Å². The molecule has 1 saturated carbocycles. The lowest BCUT2D eigenvalue weighted by molar-refractivity contribution is 0.226. The van der Waals surface area contributed by atoms with Crippen LogP contribution in [-0.4, -0.2) is 10.2 Å². The van der Waals surface area contributed by atoms with Gasteiger partial charge in [-0.25, -0.2) is 0 Å². The quantitative estimate of drug-likeness (QED) is 0.766. The highest BCUT2D eigenvalue weighted by molar-refractivity contribution is 5.61. The second kappa shape index (κ2) is 3.69. The topological polar surface area (TPSA) is 25.8 Å². The minimum absolute atomic E-state index is 0.204. The van der Waals surface area contributed by atoms with Crippen LogP contribution in [-0.2, 0) is 5.41 Å². The number of fused-ring (bicyclic) bond motifs is 5. The lowest BCUT2D eigenvalue weighted by Crippen LogP contribution is -2.32.